The molecule has 91 heavy (non-hydrogen) atoms. The van der Waals surface area contributed by atoms with Crippen molar-refractivity contribution >= 4 is 107 Å². The van der Waals surface area contributed by atoms with Gasteiger partial charge in [0.1, 0.15) is 22.4 Å². The molecule has 6 atom stereocenters. The van der Waals surface area contributed by atoms with Gasteiger partial charge in [0.15, 0.2) is 17.3 Å². The summed E-state index contributed by atoms with van der Waals surface area (Å²) in [5, 5.41) is 17.2. The largest absolute Gasteiger partial charge is 0.469 e. The Morgan fingerprint density at radius 3 is 1.10 bits per heavy atom. The number of guanidine groups is 2. The van der Waals surface area contributed by atoms with Crippen LogP contribution in [0.1, 0.15) is 180 Å². The molecule has 516 valence electrons. The summed E-state index contributed by atoms with van der Waals surface area (Å²) in [4.78, 5) is 193. The van der Waals surface area contributed by atoms with E-state index in [1.165, 1.54) is 11.8 Å². The molecule has 0 bridgehead atoms. The monoisotopic (exact) mass is 1310 g/mol. The number of hydrogen-bond donors (Lipinski definition) is 9. The second-order valence-electron chi connectivity index (χ2n) is 25.1. The number of amides is 9. The number of nitrogens with zero attached hydrogens (tertiary/aromatic N) is 2. The molecule has 0 unspecified atom stereocenters. The maximum atomic E-state index is 14.6. The summed E-state index contributed by atoms with van der Waals surface area (Å²) >= 11 is 1.31. The van der Waals surface area contributed by atoms with Gasteiger partial charge in [-0.1, -0.05) is 0 Å². The molecule has 9 amide bonds. The smallest absolute Gasteiger partial charge is 0.414 e. The van der Waals surface area contributed by atoms with Crippen LogP contribution in [0, 0.1) is 17.8 Å². The number of primary amides is 2. The molecule has 0 aliphatic heterocycles. The molecule has 0 radical (unpaired) electrons. The van der Waals surface area contributed by atoms with Gasteiger partial charge in [0.2, 0.25) is 41.5 Å². The highest BCUT2D eigenvalue weighted by Crippen LogP contribution is 2.22. The summed E-state index contributed by atoms with van der Waals surface area (Å²) in [6.07, 6.45) is -6.21. The molecule has 0 aromatic rings. The first-order valence-corrected chi connectivity index (χ1v) is 31.1. The second kappa shape index (κ2) is 40.7. The van der Waals surface area contributed by atoms with E-state index in [1.54, 1.807) is 89.3 Å². The second-order valence-corrected chi connectivity index (χ2v) is 26.1. The van der Waals surface area contributed by atoms with Crippen molar-refractivity contribution in [2.24, 2.45) is 39.2 Å². The van der Waals surface area contributed by atoms with E-state index in [1.807, 2.05) is 0 Å². The van der Waals surface area contributed by atoms with Crippen molar-refractivity contribution in [1.29, 1.82) is 0 Å². The van der Waals surface area contributed by atoms with Crippen LogP contribution in [0.25, 0.3) is 0 Å². The SMILES string of the molecule is COC(=O)CC[C@H](CC(=O)[C@H](CCC(=O)OC)NC(C)=O)C(=O)N[C@@H](CCSC)C(=O)C[C@@H](CCC(N)=O)C(=O)N[C@@H](CCCN=C(NC(=O)OC(C)(C)C)NC(=O)OC(C)(C)C)C(=O)C[C@@H](CCCN=C(NC(=O)OC(C)(C)C)NC(=O)OC(C)(C)C)C(N)=O. The molecule has 32 heteroatoms. The maximum Gasteiger partial charge on any atom is 0.414 e. The number of nitrogens with one attached hydrogen (secondary N) is 7. The normalized spacial score (nSPS) is 13.4. The van der Waals surface area contributed by atoms with Crippen LogP contribution in [0.3, 0.4) is 0 Å². The van der Waals surface area contributed by atoms with E-state index in [4.69, 9.17) is 35.2 Å². The number of ketones is 3. The number of ether oxygens (including phenoxy) is 6. The van der Waals surface area contributed by atoms with Gasteiger partial charge in [-0.2, -0.15) is 11.8 Å². The van der Waals surface area contributed by atoms with Gasteiger partial charge in [-0.3, -0.25) is 79.2 Å². The fourth-order valence-electron chi connectivity index (χ4n) is 8.06. The van der Waals surface area contributed by atoms with Crippen LogP contribution in [0.15, 0.2) is 9.98 Å². The summed E-state index contributed by atoms with van der Waals surface area (Å²) in [5.41, 5.74) is 7.57. The van der Waals surface area contributed by atoms with E-state index in [9.17, 15) is 67.1 Å². The minimum atomic E-state index is -1.48. The molecule has 0 aliphatic rings. The van der Waals surface area contributed by atoms with E-state index in [0.29, 0.717) is 0 Å². The Morgan fingerprint density at radius 1 is 0.440 bits per heavy atom. The minimum absolute atomic E-state index is 0.0158. The third-order valence-electron chi connectivity index (χ3n) is 12.2. The van der Waals surface area contributed by atoms with Crippen LogP contribution in [0.4, 0.5) is 19.2 Å². The third-order valence-corrected chi connectivity index (χ3v) is 12.8. The molecule has 0 heterocycles. The number of esters is 2. The Hall–Kier alpha value is -7.93. The number of rotatable bonds is 35. The quantitative estimate of drug-likeness (QED) is 0.0142. The van der Waals surface area contributed by atoms with Crippen LogP contribution in [0.2, 0.25) is 0 Å². The highest BCUT2D eigenvalue weighted by Gasteiger charge is 2.35. The fourth-order valence-corrected chi connectivity index (χ4v) is 8.54. The molecule has 11 N–H and O–H groups in total. The lowest BCUT2D eigenvalue weighted by Crippen LogP contribution is -2.48. The molecule has 0 aromatic carbocycles. The van der Waals surface area contributed by atoms with E-state index in [2.05, 4.69) is 51.9 Å². The summed E-state index contributed by atoms with van der Waals surface area (Å²) < 4.78 is 30.7. The number of nitrogens with two attached hydrogens (primary N) is 2. The molecule has 0 spiro atoms. The number of aliphatic imine (C=N–C) groups is 2. The van der Waals surface area contributed by atoms with Crippen LogP contribution in [-0.2, 0) is 76.4 Å². The van der Waals surface area contributed by atoms with Gasteiger partial charge in [-0.25, -0.2) is 19.2 Å². The van der Waals surface area contributed by atoms with Gasteiger partial charge >= 0.3 is 36.3 Å². The summed E-state index contributed by atoms with van der Waals surface area (Å²) in [5.74, 6) is -12.1. The van der Waals surface area contributed by atoms with Gasteiger partial charge < -0.3 is 55.8 Å². The molecular weight excluding hydrogens is 1210 g/mol. The predicted molar refractivity (Wildman–Crippen MR) is 334 cm³/mol. The Balaban J connectivity index is 7.46. The van der Waals surface area contributed by atoms with Crippen molar-refractivity contribution in [2.45, 2.75) is 220 Å². The number of carbonyl (C=O) groups excluding carboxylic acids is 14. The molecule has 0 saturated carbocycles. The van der Waals surface area contributed by atoms with Crippen LogP contribution >= 0.6 is 11.8 Å². The Bertz CT molecular complexity index is 2520. The lowest BCUT2D eigenvalue weighted by atomic mass is 9.89. The molecule has 0 rings (SSSR count). The fraction of sp³-hybridized carbons (Fsp3) is 0.729. The van der Waals surface area contributed by atoms with Gasteiger partial charge in [0, 0.05) is 76.3 Å². The first-order valence-electron chi connectivity index (χ1n) is 29.7. The Labute approximate surface area is 536 Å². The number of alkyl carbamates (subject to hydrolysis) is 4. The summed E-state index contributed by atoms with van der Waals surface area (Å²) in [6, 6.07) is -4.05. The maximum absolute atomic E-state index is 14.6. The topological polar surface area (TPSA) is 455 Å². The zero-order valence-corrected chi connectivity index (χ0v) is 56.4. The Kier molecular flexibility index (Phi) is 37.2. The number of methoxy groups -OCH3 is 2. The van der Waals surface area contributed by atoms with Crippen molar-refractivity contribution in [1.82, 2.24) is 37.2 Å². The molecule has 0 saturated heterocycles. The van der Waals surface area contributed by atoms with Crippen molar-refractivity contribution < 1.29 is 95.5 Å². The van der Waals surface area contributed by atoms with Crippen molar-refractivity contribution in [3.8, 4) is 0 Å². The van der Waals surface area contributed by atoms with E-state index >= 15 is 0 Å². The van der Waals surface area contributed by atoms with Crippen molar-refractivity contribution in [3.05, 3.63) is 0 Å². The van der Waals surface area contributed by atoms with Crippen LogP contribution in [0.5, 0.6) is 0 Å². The lowest BCUT2D eigenvalue weighted by molar-refractivity contribution is -0.143. The zero-order valence-electron chi connectivity index (χ0n) is 55.6. The summed E-state index contributed by atoms with van der Waals surface area (Å²) in [6.45, 7) is 20.0. The predicted octanol–water partition coefficient (Wildman–Crippen LogP) is 3.97. The molecule has 0 aromatic heterocycles. The molecule has 0 aliphatic carbocycles. The van der Waals surface area contributed by atoms with Crippen molar-refractivity contribution in [2.75, 3.05) is 39.3 Å². The first kappa shape index (κ1) is 83.1. The van der Waals surface area contributed by atoms with Crippen LogP contribution < -0.4 is 48.7 Å². The van der Waals surface area contributed by atoms with E-state index < -0.39 is 173 Å². The van der Waals surface area contributed by atoms with Gasteiger partial charge in [0.25, 0.3) is 0 Å². The Morgan fingerprint density at radius 2 is 0.769 bits per heavy atom. The van der Waals surface area contributed by atoms with Gasteiger partial charge in [-0.05, 0) is 146 Å². The first-order chi connectivity index (χ1) is 42.0. The molecule has 0 fully saturated rings. The van der Waals surface area contributed by atoms with Gasteiger partial charge in [-0.15, -0.1) is 0 Å². The highest BCUT2D eigenvalue weighted by atomic mass is 32.2. The van der Waals surface area contributed by atoms with Crippen molar-refractivity contribution in [3.63, 3.8) is 0 Å². The number of hydrogen-bond acceptors (Lipinski definition) is 23. The number of thioether (sulfide) groups is 1. The number of carbonyl (C=O) groups is 14. The molecule has 31 nitrogen and oxygen atoms in total. The van der Waals surface area contributed by atoms with Crippen LogP contribution in [-0.4, -0.2) is 175 Å². The third kappa shape index (κ3) is 41.2. The van der Waals surface area contributed by atoms with Gasteiger partial charge in [0.05, 0.1) is 32.3 Å². The standard InChI is InChI=1S/C59H99N11O20S/c1-34(71)64-39(23-26-46(77)86-15)42(73)33-37(22-25-45(76)85-14)49(80)66-40(27-30-91-16)43(74)32-36(21-24-44(60)75)48(79)65-38(20-18-29-63-51(69-54(83)89-58(8,9)10)70-55(84)90-59(11,12)13)41(72)31-35(47(61)78)19-17-28-62-50(67-52(81)87-56(2,3)4)68-53(82)88-57(5,6)7/h35-40H,17-33H2,1-16H3,(H2,60,75)(H2,61,78)(H,64,71)(H,65,79)(H,66,80)(H2,62,67,68,81,82)(H2,63,69,70,83,84)/t35-,36-,37-,38+,39+,40+/m1/s1. The average Bonchev–Trinajstić information content (AvgIpc) is 1.76. The lowest BCUT2D eigenvalue weighted by Gasteiger charge is -2.26. The summed E-state index contributed by atoms with van der Waals surface area (Å²) in [7, 11) is 2.26. The number of Topliss-reactive ketones (excluding diaryl/α,β-unsaturated/α-hetero) is 3. The van der Waals surface area contributed by atoms with E-state index in [0.717, 1.165) is 21.1 Å². The zero-order chi connectivity index (χ0) is 70.0. The average molecular weight is 1310 g/mol. The van der Waals surface area contributed by atoms with E-state index in [-0.39, 0.29) is 89.0 Å². The molecular formula is C59H99N11O20S. The minimum Gasteiger partial charge on any atom is -0.469 e. The highest BCUT2D eigenvalue weighted by molar-refractivity contribution is 7.98.